The van der Waals surface area contributed by atoms with Gasteiger partial charge in [-0.15, -0.1) is 11.3 Å². The van der Waals surface area contributed by atoms with Gasteiger partial charge < -0.3 is 16.3 Å². The Morgan fingerprint density at radius 1 is 1.71 bits per heavy atom. The highest BCUT2D eigenvalue weighted by molar-refractivity contribution is 7.13. The third kappa shape index (κ3) is 2.74. The fraction of sp³-hybridized carbons (Fsp3) is 0.250. The van der Waals surface area contributed by atoms with Crippen LogP contribution in [0.3, 0.4) is 0 Å². The van der Waals surface area contributed by atoms with E-state index >= 15 is 0 Å². The van der Waals surface area contributed by atoms with Gasteiger partial charge >= 0.3 is 0 Å². The molecule has 0 aliphatic heterocycles. The van der Waals surface area contributed by atoms with E-state index in [4.69, 9.17) is 10.9 Å². The van der Waals surface area contributed by atoms with Crippen LogP contribution < -0.4 is 11.1 Å². The van der Waals surface area contributed by atoms with Crippen molar-refractivity contribution >= 4 is 23.1 Å². The van der Waals surface area contributed by atoms with Crippen LogP contribution in [-0.4, -0.2) is 23.5 Å². The predicted molar refractivity (Wildman–Crippen MR) is 54.8 cm³/mol. The zero-order valence-corrected chi connectivity index (χ0v) is 8.47. The Labute approximate surface area is 85.2 Å². The normalized spacial score (nSPS) is 11.4. The van der Waals surface area contributed by atoms with E-state index in [2.05, 4.69) is 10.5 Å². The maximum absolute atomic E-state index is 11.4. The van der Waals surface area contributed by atoms with E-state index in [9.17, 15) is 4.79 Å². The third-order valence-corrected chi connectivity index (χ3v) is 2.52. The highest BCUT2D eigenvalue weighted by Gasteiger charge is 2.07. The van der Waals surface area contributed by atoms with Crippen LogP contribution >= 0.6 is 11.3 Å². The molecule has 0 aliphatic rings. The van der Waals surface area contributed by atoms with Crippen molar-refractivity contribution in [3.63, 3.8) is 0 Å². The Hall–Kier alpha value is -1.56. The smallest absolute Gasteiger partial charge is 0.261 e. The van der Waals surface area contributed by atoms with Crippen molar-refractivity contribution in [2.24, 2.45) is 10.9 Å². The molecular weight excluding hydrogens is 202 g/mol. The summed E-state index contributed by atoms with van der Waals surface area (Å²) in [6.45, 7) is 1.97. The lowest BCUT2D eigenvalue weighted by molar-refractivity contribution is 0.0963. The molecule has 4 N–H and O–H groups in total. The molecule has 1 heterocycles. The Bertz CT molecular complexity index is 359. The number of hydrogen-bond donors (Lipinski definition) is 3. The summed E-state index contributed by atoms with van der Waals surface area (Å²) in [6, 6.07) is 3.60. The molecule has 5 nitrogen and oxygen atoms in total. The van der Waals surface area contributed by atoms with Crippen molar-refractivity contribution in [3.05, 3.63) is 21.9 Å². The standard InChI is InChI=1S/C8H11N3O2S/c1-5-2-3-6(14-5)8(12)10-4-7(9)11-13/h2-3,13H,4H2,1H3,(H2,9,11)(H,10,12). The number of nitrogens with one attached hydrogen (secondary N) is 1. The summed E-state index contributed by atoms with van der Waals surface area (Å²) in [5, 5.41) is 13.5. The predicted octanol–water partition coefficient (Wildman–Crippen LogP) is 0.533. The fourth-order valence-electron chi connectivity index (χ4n) is 0.850. The van der Waals surface area contributed by atoms with Gasteiger partial charge in [0.2, 0.25) is 0 Å². The molecule has 0 saturated heterocycles. The van der Waals surface area contributed by atoms with E-state index in [0.29, 0.717) is 4.88 Å². The molecule has 0 radical (unpaired) electrons. The number of amidine groups is 1. The van der Waals surface area contributed by atoms with Gasteiger partial charge in [-0.3, -0.25) is 4.79 Å². The van der Waals surface area contributed by atoms with Crippen molar-refractivity contribution in [2.75, 3.05) is 6.54 Å². The fourth-order valence-corrected chi connectivity index (χ4v) is 1.63. The summed E-state index contributed by atoms with van der Waals surface area (Å²) >= 11 is 1.40. The van der Waals surface area contributed by atoms with Crippen molar-refractivity contribution in [1.82, 2.24) is 5.32 Å². The van der Waals surface area contributed by atoms with Crippen molar-refractivity contribution in [3.8, 4) is 0 Å². The second-order valence-corrected chi connectivity index (χ2v) is 3.97. The van der Waals surface area contributed by atoms with Gasteiger partial charge in [-0.25, -0.2) is 0 Å². The largest absolute Gasteiger partial charge is 0.409 e. The molecule has 0 aliphatic carbocycles. The third-order valence-electron chi connectivity index (χ3n) is 1.52. The molecule has 6 heteroatoms. The lowest BCUT2D eigenvalue weighted by Gasteiger charge is -2.00. The Morgan fingerprint density at radius 2 is 2.43 bits per heavy atom. The number of amides is 1. The average Bonchev–Trinajstić information content (AvgIpc) is 2.60. The lowest BCUT2D eigenvalue weighted by atomic mass is 10.4. The van der Waals surface area contributed by atoms with Gasteiger partial charge in [0.15, 0.2) is 5.84 Å². The van der Waals surface area contributed by atoms with E-state index in [0.717, 1.165) is 4.88 Å². The summed E-state index contributed by atoms with van der Waals surface area (Å²) in [6.07, 6.45) is 0. The maximum atomic E-state index is 11.4. The number of rotatable bonds is 3. The average molecular weight is 213 g/mol. The number of carbonyl (C=O) groups is 1. The Morgan fingerprint density at radius 3 is 2.93 bits per heavy atom. The SMILES string of the molecule is Cc1ccc(C(=O)NC/C(N)=N/O)s1. The summed E-state index contributed by atoms with van der Waals surface area (Å²) in [7, 11) is 0. The lowest BCUT2D eigenvalue weighted by Crippen LogP contribution is -2.33. The summed E-state index contributed by atoms with van der Waals surface area (Å²) in [5.74, 6) is -0.235. The topological polar surface area (TPSA) is 87.7 Å². The number of thiophene rings is 1. The second-order valence-electron chi connectivity index (χ2n) is 2.68. The van der Waals surface area contributed by atoms with Gasteiger partial charge in [0.1, 0.15) is 0 Å². The van der Waals surface area contributed by atoms with E-state index in [1.807, 2.05) is 13.0 Å². The first-order valence-corrected chi connectivity index (χ1v) is 4.76. The van der Waals surface area contributed by atoms with Crippen molar-refractivity contribution < 1.29 is 10.0 Å². The quantitative estimate of drug-likeness (QED) is 0.296. The van der Waals surface area contributed by atoms with Crippen LogP contribution in [0, 0.1) is 6.92 Å². The summed E-state index contributed by atoms with van der Waals surface area (Å²) in [4.78, 5) is 13.1. The van der Waals surface area contributed by atoms with Crippen LogP contribution in [0.25, 0.3) is 0 Å². The minimum absolute atomic E-state index is 0.0216. The minimum atomic E-state index is -0.213. The molecule has 0 spiro atoms. The molecule has 1 aromatic rings. The molecule has 0 unspecified atom stereocenters. The number of aryl methyl sites for hydroxylation is 1. The molecule has 14 heavy (non-hydrogen) atoms. The van der Waals surface area contributed by atoms with Gasteiger partial charge in [0, 0.05) is 4.88 Å². The molecule has 1 rings (SSSR count). The summed E-state index contributed by atoms with van der Waals surface area (Å²) in [5.41, 5.74) is 5.19. The van der Waals surface area contributed by atoms with Gasteiger partial charge in [0.05, 0.1) is 11.4 Å². The first-order valence-electron chi connectivity index (χ1n) is 3.94. The summed E-state index contributed by atoms with van der Waals surface area (Å²) < 4.78 is 0. The van der Waals surface area contributed by atoms with Gasteiger partial charge in [-0.05, 0) is 19.1 Å². The van der Waals surface area contributed by atoms with E-state index in [1.165, 1.54) is 11.3 Å². The maximum Gasteiger partial charge on any atom is 0.261 e. The zero-order chi connectivity index (χ0) is 10.6. The highest BCUT2D eigenvalue weighted by atomic mass is 32.1. The van der Waals surface area contributed by atoms with Crippen molar-refractivity contribution in [1.29, 1.82) is 0 Å². The van der Waals surface area contributed by atoms with Crippen molar-refractivity contribution in [2.45, 2.75) is 6.92 Å². The van der Waals surface area contributed by atoms with E-state index in [-0.39, 0.29) is 18.3 Å². The molecular formula is C8H11N3O2S. The number of carbonyl (C=O) groups excluding carboxylic acids is 1. The molecule has 0 bridgehead atoms. The Balaban J connectivity index is 2.51. The molecule has 1 amide bonds. The zero-order valence-electron chi connectivity index (χ0n) is 7.65. The molecule has 0 aromatic carbocycles. The molecule has 0 atom stereocenters. The molecule has 76 valence electrons. The van der Waals surface area contributed by atoms with Crippen LogP contribution in [0.2, 0.25) is 0 Å². The monoisotopic (exact) mass is 213 g/mol. The Kier molecular flexibility index (Phi) is 3.47. The second kappa shape index (κ2) is 4.61. The molecule has 0 saturated carbocycles. The van der Waals surface area contributed by atoms with E-state index < -0.39 is 0 Å². The van der Waals surface area contributed by atoms with Gasteiger partial charge in [-0.1, -0.05) is 5.16 Å². The number of oxime groups is 1. The highest BCUT2D eigenvalue weighted by Crippen LogP contribution is 2.14. The molecule has 0 fully saturated rings. The van der Waals surface area contributed by atoms with Crippen LogP contribution in [0.15, 0.2) is 17.3 Å². The van der Waals surface area contributed by atoms with Crippen LogP contribution in [0.5, 0.6) is 0 Å². The number of nitrogens with two attached hydrogens (primary N) is 1. The number of hydrogen-bond acceptors (Lipinski definition) is 4. The minimum Gasteiger partial charge on any atom is -0.409 e. The first kappa shape index (κ1) is 10.5. The van der Waals surface area contributed by atoms with Crippen LogP contribution in [0.4, 0.5) is 0 Å². The van der Waals surface area contributed by atoms with Gasteiger partial charge in [-0.2, -0.15) is 0 Å². The first-order chi connectivity index (χ1) is 6.63. The van der Waals surface area contributed by atoms with Crippen LogP contribution in [-0.2, 0) is 0 Å². The van der Waals surface area contributed by atoms with E-state index in [1.54, 1.807) is 6.07 Å². The molecule has 1 aromatic heterocycles. The van der Waals surface area contributed by atoms with Crippen LogP contribution in [0.1, 0.15) is 14.5 Å². The number of nitrogens with zero attached hydrogens (tertiary/aromatic N) is 1. The van der Waals surface area contributed by atoms with Gasteiger partial charge in [0.25, 0.3) is 5.91 Å².